The Balaban J connectivity index is 2.34. The number of hydrogen-bond donors (Lipinski definition) is 1. The average molecular weight is 312 g/mol. The van der Waals surface area contributed by atoms with E-state index >= 15 is 0 Å². The van der Waals surface area contributed by atoms with E-state index in [0.717, 1.165) is 12.0 Å². The lowest BCUT2D eigenvalue weighted by atomic mass is 10.1. The summed E-state index contributed by atoms with van der Waals surface area (Å²) in [6.45, 7) is 5.27. The van der Waals surface area contributed by atoms with Crippen LogP contribution in [0.1, 0.15) is 31.9 Å². The van der Waals surface area contributed by atoms with Crippen LogP contribution in [0.4, 0.5) is 0 Å². The molecule has 1 aromatic rings. The van der Waals surface area contributed by atoms with E-state index in [-0.39, 0.29) is 12.1 Å². The van der Waals surface area contributed by atoms with Gasteiger partial charge < -0.3 is 10.1 Å². The second-order valence-electron chi connectivity index (χ2n) is 5.36. The van der Waals surface area contributed by atoms with Crippen molar-refractivity contribution in [1.29, 1.82) is 0 Å². The Morgan fingerprint density at radius 3 is 2.86 bits per heavy atom. The van der Waals surface area contributed by atoms with Crippen molar-refractivity contribution in [3.8, 4) is 0 Å². The zero-order chi connectivity index (χ0) is 15.5. The fourth-order valence-corrected chi connectivity index (χ4v) is 4.36. The van der Waals surface area contributed by atoms with Gasteiger partial charge >= 0.3 is 0 Å². The molecule has 0 aliphatic carbocycles. The van der Waals surface area contributed by atoms with Gasteiger partial charge in [0.15, 0.2) is 0 Å². The van der Waals surface area contributed by atoms with Gasteiger partial charge in [0.2, 0.25) is 10.0 Å². The van der Waals surface area contributed by atoms with Crippen LogP contribution in [0.2, 0.25) is 0 Å². The maximum Gasteiger partial charge on any atom is 0.243 e. The Labute approximate surface area is 127 Å². The molecule has 0 amide bonds. The van der Waals surface area contributed by atoms with Crippen LogP contribution in [0.25, 0.3) is 0 Å². The first kappa shape index (κ1) is 16.4. The summed E-state index contributed by atoms with van der Waals surface area (Å²) >= 11 is 0. The molecular formula is C15H24N2O3S. The van der Waals surface area contributed by atoms with Gasteiger partial charge in [-0.2, -0.15) is 4.31 Å². The molecule has 1 aliphatic heterocycles. The molecule has 0 aromatic heterocycles. The Bertz CT molecular complexity index is 570. The SMILES string of the molecule is CCC(NC)c1cccc(S(=O)(=O)N2CCOCC2C)c1. The molecule has 1 aliphatic rings. The normalized spacial score (nSPS) is 22.1. The highest BCUT2D eigenvalue weighted by Gasteiger charge is 2.31. The summed E-state index contributed by atoms with van der Waals surface area (Å²) in [5.41, 5.74) is 1.00. The second kappa shape index (κ2) is 6.87. The van der Waals surface area contributed by atoms with Gasteiger partial charge in [0.1, 0.15) is 0 Å². The van der Waals surface area contributed by atoms with E-state index in [1.807, 2.05) is 26.1 Å². The first-order valence-corrected chi connectivity index (χ1v) is 8.81. The van der Waals surface area contributed by atoms with E-state index < -0.39 is 10.0 Å². The topological polar surface area (TPSA) is 58.6 Å². The first-order valence-electron chi connectivity index (χ1n) is 7.37. The molecule has 2 atom stereocenters. The fourth-order valence-electron chi connectivity index (χ4n) is 2.70. The first-order chi connectivity index (χ1) is 10.0. The maximum atomic E-state index is 12.8. The number of morpholine rings is 1. The number of nitrogens with zero attached hydrogens (tertiary/aromatic N) is 1. The Hall–Kier alpha value is -0.950. The third-order valence-corrected chi connectivity index (χ3v) is 5.94. The van der Waals surface area contributed by atoms with Crippen molar-refractivity contribution in [2.45, 2.75) is 37.2 Å². The minimum atomic E-state index is -3.46. The molecule has 1 saturated heterocycles. The van der Waals surface area contributed by atoms with E-state index in [9.17, 15) is 8.42 Å². The van der Waals surface area contributed by atoms with Crippen LogP contribution in [-0.4, -0.2) is 45.6 Å². The largest absolute Gasteiger partial charge is 0.378 e. The third-order valence-electron chi connectivity index (χ3n) is 3.93. The van der Waals surface area contributed by atoms with Gasteiger partial charge in [-0.15, -0.1) is 0 Å². The van der Waals surface area contributed by atoms with E-state index in [1.54, 1.807) is 12.1 Å². The number of sulfonamides is 1. The van der Waals surface area contributed by atoms with Crippen molar-refractivity contribution in [3.63, 3.8) is 0 Å². The predicted molar refractivity (Wildman–Crippen MR) is 82.7 cm³/mol. The van der Waals surface area contributed by atoms with Crippen LogP contribution in [0.15, 0.2) is 29.2 Å². The zero-order valence-corrected chi connectivity index (χ0v) is 13.7. The fraction of sp³-hybridized carbons (Fsp3) is 0.600. The summed E-state index contributed by atoms with van der Waals surface area (Å²) in [5, 5.41) is 3.21. The van der Waals surface area contributed by atoms with Gasteiger partial charge in [0, 0.05) is 18.6 Å². The van der Waals surface area contributed by atoms with Crippen LogP contribution in [0.3, 0.4) is 0 Å². The van der Waals surface area contributed by atoms with Crippen LogP contribution in [0, 0.1) is 0 Å². The lowest BCUT2D eigenvalue weighted by Gasteiger charge is -2.32. The molecular weight excluding hydrogens is 288 g/mol. The molecule has 5 nitrogen and oxygen atoms in total. The minimum Gasteiger partial charge on any atom is -0.378 e. The summed E-state index contributed by atoms with van der Waals surface area (Å²) in [6, 6.07) is 7.27. The van der Waals surface area contributed by atoms with Crippen LogP contribution >= 0.6 is 0 Å². The molecule has 0 radical (unpaired) electrons. The molecule has 1 aromatic carbocycles. The summed E-state index contributed by atoms with van der Waals surface area (Å²) in [4.78, 5) is 0.363. The summed E-state index contributed by atoms with van der Waals surface area (Å²) in [5.74, 6) is 0. The number of hydrogen-bond acceptors (Lipinski definition) is 4. The zero-order valence-electron chi connectivity index (χ0n) is 12.9. The average Bonchev–Trinajstić information content (AvgIpc) is 2.49. The van der Waals surface area contributed by atoms with Gasteiger partial charge in [0.25, 0.3) is 0 Å². The predicted octanol–water partition coefficient (Wildman–Crippen LogP) is 1.77. The highest BCUT2D eigenvalue weighted by molar-refractivity contribution is 7.89. The molecule has 2 rings (SSSR count). The molecule has 0 saturated carbocycles. The van der Waals surface area contributed by atoms with Crippen molar-refractivity contribution in [2.24, 2.45) is 0 Å². The van der Waals surface area contributed by atoms with Gasteiger partial charge in [-0.25, -0.2) is 8.42 Å². The number of benzene rings is 1. The highest BCUT2D eigenvalue weighted by Crippen LogP contribution is 2.24. The highest BCUT2D eigenvalue weighted by atomic mass is 32.2. The molecule has 1 heterocycles. The molecule has 2 unspecified atom stereocenters. The van der Waals surface area contributed by atoms with Gasteiger partial charge in [-0.3, -0.25) is 0 Å². The standard InChI is InChI=1S/C15H24N2O3S/c1-4-15(16-3)13-6-5-7-14(10-13)21(18,19)17-8-9-20-11-12(17)2/h5-7,10,12,15-16H,4,8-9,11H2,1-3H3. The smallest absolute Gasteiger partial charge is 0.243 e. The van der Waals surface area contributed by atoms with Crippen LogP contribution in [-0.2, 0) is 14.8 Å². The summed E-state index contributed by atoms with van der Waals surface area (Å²) in [6.07, 6.45) is 0.911. The molecule has 118 valence electrons. The van der Waals surface area contributed by atoms with Crippen molar-refractivity contribution in [3.05, 3.63) is 29.8 Å². The molecule has 0 spiro atoms. The van der Waals surface area contributed by atoms with E-state index in [4.69, 9.17) is 4.74 Å². The van der Waals surface area contributed by atoms with E-state index in [2.05, 4.69) is 12.2 Å². The number of ether oxygens (including phenoxy) is 1. The lowest BCUT2D eigenvalue weighted by Crippen LogP contribution is -2.46. The summed E-state index contributed by atoms with van der Waals surface area (Å²) in [7, 11) is -1.57. The molecule has 1 N–H and O–H groups in total. The quantitative estimate of drug-likeness (QED) is 0.900. The molecule has 0 bridgehead atoms. The van der Waals surface area contributed by atoms with Crippen molar-refractivity contribution in [2.75, 3.05) is 26.8 Å². The Morgan fingerprint density at radius 1 is 1.48 bits per heavy atom. The van der Waals surface area contributed by atoms with Crippen LogP contribution in [0.5, 0.6) is 0 Å². The monoisotopic (exact) mass is 312 g/mol. The van der Waals surface area contributed by atoms with Crippen molar-refractivity contribution in [1.82, 2.24) is 9.62 Å². The minimum absolute atomic E-state index is 0.126. The Kier molecular flexibility index (Phi) is 5.37. The Morgan fingerprint density at radius 2 is 2.24 bits per heavy atom. The van der Waals surface area contributed by atoms with E-state index in [1.165, 1.54) is 4.31 Å². The lowest BCUT2D eigenvalue weighted by molar-refractivity contribution is 0.0392. The summed E-state index contributed by atoms with van der Waals surface area (Å²) < 4.78 is 32.5. The molecule has 6 heteroatoms. The van der Waals surface area contributed by atoms with Crippen LogP contribution < -0.4 is 5.32 Å². The van der Waals surface area contributed by atoms with Gasteiger partial charge in [-0.05, 0) is 38.1 Å². The van der Waals surface area contributed by atoms with Crippen molar-refractivity contribution >= 4 is 10.0 Å². The van der Waals surface area contributed by atoms with Crippen molar-refractivity contribution < 1.29 is 13.2 Å². The third kappa shape index (κ3) is 3.45. The second-order valence-corrected chi connectivity index (χ2v) is 7.25. The maximum absolute atomic E-state index is 12.8. The number of nitrogens with one attached hydrogen (secondary N) is 1. The number of rotatable bonds is 5. The molecule has 21 heavy (non-hydrogen) atoms. The van der Waals surface area contributed by atoms with E-state index in [0.29, 0.717) is 24.7 Å². The van der Waals surface area contributed by atoms with Gasteiger partial charge in [-0.1, -0.05) is 19.1 Å². The van der Waals surface area contributed by atoms with Gasteiger partial charge in [0.05, 0.1) is 18.1 Å². The molecule has 1 fully saturated rings.